The highest BCUT2D eigenvalue weighted by atomic mass is 79.9. The second-order valence-corrected chi connectivity index (χ2v) is 6.50. The zero-order chi connectivity index (χ0) is 15.9. The molecule has 6 nitrogen and oxygen atoms in total. The molecule has 122 valence electrons. The molecule has 0 bridgehead atoms. The summed E-state index contributed by atoms with van der Waals surface area (Å²) in [5, 5.41) is 9.97. The maximum absolute atomic E-state index is 12.5. The molecule has 0 radical (unpaired) electrons. The molecule has 2 heterocycles. The molecule has 1 aliphatic heterocycles. The lowest BCUT2D eigenvalue weighted by molar-refractivity contribution is 0.0692. The largest absolute Gasteiger partial charge is 0.361 e. The number of allylic oxidation sites excluding steroid dienone is 2. The molecule has 0 aromatic carbocycles. The minimum atomic E-state index is -0.272. The third kappa shape index (κ3) is 4.05. The number of alkyl halides is 1. The second kappa shape index (κ2) is 8.59. The van der Waals surface area contributed by atoms with Crippen LogP contribution in [0.5, 0.6) is 0 Å². The van der Waals surface area contributed by atoms with Crippen molar-refractivity contribution in [2.45, 2.75) is 38.8 Å². The summed E-state index contributed by atoms with van der Waals surface area (Å²) < 4.78 is 5.44. The van der Waals surface area contributed by atoms with E-state index >= 15 is 0 Å². The van der Waals surface area contributed by atoms with E-state index in [4.69, 9.17) is 4.74 Å². The van der Waals surface area contributed by atoms with Gasteiger partial charge in [0, 0.05) is 26.5 Å². The molecule has 1 aromatic heterocycles. The van der Waals surface area contributed by atoms with Crippen LogP contribution >= 0.6 is 27.3 Å². The van der Waals surface area contributed by atoms with Gasteiger partial charge in [-0.05, 0) is 19.8 Å². The summed E-state index contributed by atoms with van der Waals surface area (Å²) in [7, 11) is 1.62. The molecular formula is C14H21BrN4O2S. The zero-order valence-electron chi connectivity index (χ0n) is 12.9. The fourth-order valence-corrected chi connectivity index (χ4v) is 3.67. The first-order chi connectivity index (χ1) is 10.7. The molecule has 1 unspecified atom stereocenters. The van der Waals surface area contributed by atoms with E-state index in [0.717, 1.165) is 30.7 Å². The van der Waals surface area contributed by atoms with Crippen LogP contribution in [0.2, 0.25) is 0 Å². The molecule has 22 heavy (non-hydrogen) atoms. The molecular weight excluding hydrogens is 368 g/mol. The molecule has 0 saturated carbocycles. The Morgan fingerprint density at radius 1 is 1.50 bits per heavy atom. The highest BCUT2D eigenvalue weighted by Crippen LogP contribution is 2.28. The third-order valence-electron chi connectivity index (χ3n) is 3.49. The number of amides is 2. The number of nitrogens with zero attached hydrogens (tertiary/aromatic N) is 4. The van der Waals surface area contributed by atoms with E-state index in [1.807, 2.05) is 6.92 Å². The predicted molar refractivity (Wildman–Crippen MR) is 91.5 cm³/mol. The number of unbranched alkanes of at least 4 members (excludes halogenated alkanes) is 1. The van der Waals surface area contributed by atoms with Gasteiger partial charge in [-0.2, -0.15) is 0 Å². The Morgan fingerprint density at radius 2 is 2.32 bits per heavy atom. The lowest BCUT2D eigenvalue weighted by Gasteiger charge is -2.38. The maximum Gasteiger partial charge on any atom is 0.329 e. The quantitative estimate of drug-likeness (QED) is 0.311. The number of ether oxygens (including phenoxy) is 1. The van der Waals surface area contributed by atoms with Gasteiger partial charge in [0.1, 0.15) is 11.2 Å². The molecule has 1 atom stereocenters. The van der Waals surface area contributed by atoms with Crippen LogP contribution in [-0.2, 0) is 11.2 Å². The molecule has 2 amide bonds. The first kappa shape index (κ1) is 17.4. The summed E-state index contributed by atoms with van der Waals surface area (Å²) in [6.07, 6.45) is 7.63. The Bertz CT molecular complexity index is 523. The van der Waals surface area contributed by atoms with Crippen molar-refractivity contribution in [1.82, 2.24) is 15.1 Å². The topological polar surface area (TPSA) is 58.6 Å². The summed E-state index contributed by atoms with van der Waals surface area (Å²) in [6.45, 7) is 2.69. The maximum atomic E-state index is 12.5. The molecule has 8 heteroatoms. The minimum absolute atomic E-state index is 0.0911. The number of anilines is 1. The van der Waals surface area contributed by atoms with Crippen molar-refractivity contribution in [2.75, 3.05) is 24.0 Å². The number of methoxy groups -OCH3 is 1. The van der Waals surface area contributed by atoms with Crippen LogP contribution < -0.4 is 4.90 Å². The summed E-state index contributed by atoms with van der Waals surface area (Å²) in [4.78, 5) is 15.8. The van der Waals surface area contributed by atoms with Gasteiger partial charge in [0.2, 0.25) is 5.13 Å². The van der Waals surface area contributed by atoms with E-state index in [2.05, 4.69) is 38.3 Å². The Balaban J connectivity index is 2.07. The number of carbonyl (C=O) groups excluding carboxylic acids is 1. The van der Waals surface area contributed by atoms with Gasteiger partial charge >= 0.3 is 6.03 Å². The van der Waals surface area contributed by atoms with Gasteiger partial charge < -0.3 is 9.64 Å². The minimum Gasteiger partial charge on any atom is -0.361 e. The van der Waals surface area contributed by atoms with Crippen molar-refractivity contribution in [1.29, 1.82) is 0 Å². The van der Waals surface area contributed by atoms with Crippen LogP contribution in [0.1, 0.15) is 31.2 Å². The number of carbonyl (C=O) groups is 1. The van der Waals surface area contributed by atoms with E-state index in [9.17, 15) is 4.79 Å². The van der Waals surface area contributed by atoms with E-state index in [1.54, 1.807) is 16.9 Å². The Hall–Kier alpha value is -0.990. The second-order valence-electron chi connectivity index (χ2n) is 4.95. The molecule has 1 aliphatic rings. The van der Waals surface area contributed by atoms with Crippen molar-refractivity contribution in [3.63, 3.8) is 0 Å². The first-order valence-electron chi connectivity index (χ1n) is 7.31. The molecule has 1 aromatic rings. The van der Waals surface area contributed by atoms with E-state index in [-0.39, 0.29) is 12.3 Å². The summed E-state index contributed by atoms with van der Waals surface area (Å²) in [6, 6.07) is -0.0911. The Morgan fingerprint density at radius 3 is 3.00 bits per heavy atom. The van der Waals surface area contributed by atoms with Gasteiger partial charge in [0.15, 0.2) is 0 Å². The van der Waals surface area contributed by atoms with Gasteiger partial charge in [-0.25, -0.2) is 9.69 Å². The van der Waals surface area contributed by atoms with Crippen LogP contribution in [0.25, 0.3) is 0 Å². The smallest absolute Gasteiger partial charge is 0.329 e. The van der Waals surface area contributed by atoms with Crippen LogP contribution in [0.3, 0.4) is 0 Å². The summed E-state index contributed by atoms with van der Waals surface area (Å²) in [5.74, 6) is 0. The number of urea groups is 1. The van der Waals surface area contributed by atoms with Crippen LogP contribution in [-0.4, -0.2) is 46.5 Å². The predicted octanol–water partition coefficient (Wildman–Crippen LogP) is 3.39. The molecule has 1 fully saturated rings. The van der Waals surface area contributed by atoms with Gasteiger partial charge in [0.25, 0.3) is 0 Å². The van der Waals surface area contributed by atoms with E-state index in [0.29, 0.717) is 17.1 Å². The summed E-state index contributed by atoms with van der Waals surface area (Å²) >= 11 is 4.82. The van der Waals surface area contributed by atoms with Crippen molar-refractivity contribution >= 4 is 38.4 Å². The average molecular weight is 389 g/mol. The van der Waals surface area contributed by atoms with Crippen LogP contribution in [0, 0.1) is 0 Å². The molecule has 2 rings (SSSR count). The first-order valence-corrected chi connectivity index (χ1v) is 9.25. The fraction of sp³-hybridized carbons (Fsp3) is 0.643. The molecule has 0 N–H and O–H groups in total. The fourth-order valence-electron chi connectivity index (χ4n) is 2.29. The van der Waals surface area contributed by atoms with Crippen molar-refractivity contribution in [3.05, 3.63) is 17.2 Å². The van der Waals surface area contributed by atoms with Gasteiger partial charge in [-0.15, -0.1) is 10.2 Å². The van der Waals surface area contributed by atoms with Crippen molar-refractivity contribution in [2.24, 2.45) is 0 Å². The molecule has 0 spiro atoms. The number of hydrogen-bond acceptors (Lipinski definition) is 5. The van der Waals surface area contributed by atoms with E-state index < -0.39 is 0 Å². The Kier molecular flexibility index (Phi) is 6.78. The average Bonchev–Trinajstić information content (AvgIpc) is 2.99. The van der Waals surface area contributed by atoms with E-state index in [1.165, 1.54) is 11.3 Å². The molecule has 1 saturated heterocycles. The lowest BCUT2D eigenvalue weighted by Crippen LogP contribution is -2.54. The van der Waals surface area contributed by atoms with Gasteiger partial charge in [-0.1, -0.05) is 39.4 Å². The number of halogens is 1. The van der Waals surface area contributed by atoms with Gasteiger partial charge in [-0.3, -0.25) is 0 Å². The number of aryl methyl sites for hydroxylation is 1. The zero-order valence-corrected chi connectivity index (χ0v) is 15.3. The van der Waals surface area contributed by atoms with Gasteiger partial charge in [0.05, 0.1) is 5.45 Å². The number of rotatable bonds is 7. The van der Waals surface area contributed by atoms with Crippen molar-refractivity contribution in [3.8, 4) is 0 Å². The Labute approximate surface area is 143 Å². The summed E-state index contributed by atoms with van der Waals surface area (Å²) in [5.41, 5.74) is 0.508. The highest BCUT2D eigenvalue weighted by molar-refractivity contribution is 9.09. The normalized spacial score (nSPS) is 19.4. The molecule has 0 aliphatic carbocycles. The number of hydrogen-bond donors (Lipinski definition) is 0. The lowest BCUT2D eigenvalue weighted by atomic mass is 10.2. The SMILES string of the molecule is CC=CCCCc1nnc(N2C(=O)N(CBr)CCC2OC)s1. The highest BCUT2D eigenvalue weighted by Gasteiger charge is 2.36. The standard InChI is InChI=1S/C14H21BrN4O2S/c1-3-4-5-6-7-11-16-17-13(22-11)19-12(21-2)8-9-18(10-15)14(19)20/h3-4,12H,5-10H2,1-2H3. The van der Waals surface area contributed by atoms with Crippen molar-refractivity contribution < 1.29 is 9.53 Å². The van der Waals surface area contributed by atoms with Crippen LogP contribution in [0.15, 0.2) is 12.2 Å². The number of aromatic nitrogens is 2. The third-order valence-corrected chi connectivity index (χ3v) is 5.07. The monoisotopic (exact) mass is 388 g/mol. The van der Waals surface area contributed by atoms with Crippen LogP contribution in [0.4, 0.5) is 9.93 Å².